The first-order chi connectivity index (χ1) is 18.4. The van der Waals surface area contributed by atoms with Gasteiger partial charge in [-0.15, -0.1) is 0 Å². The molecule has 0 bridgehead atoms. The zero-order valence-electron chi connectivity index (χ0n) is 21.9. The second kappa shape index (κ2) is 9.60. The van der Waals surface area contributed by atoms with Crippen LogP contribution >= 0.6 is 0 Å². The molecule has 5 rings (SSSR count). The van der Waals surface area contributed by atoms with Crippen LogP contribution in [0, 0.1) is 18.6 Å². The maximum absolute atomic E-state index is 15.5. The normalized spacial score (nSPS) is 14.4. The van der Waals surface area contributed by atoms with Crippen molar-refractivity contribution in [3.8, 4) is 17.0 Å². The number of hydrogen-bond donors (Lipinski definition) is 3. The van der Waals surface area contributed by atoms with Gasteiger partial charge in [-0.2, -0.15) is 0 Å². The molecule has 3 heterocycles. The van der Waals surface area contributed by atoms with E-state index in [4.69, 9.17) is 10.5 Å². The average Bonchev–Trinajstić information content (AvgIpc) is 2.87. The van der Waals surface area contributed by atoms with Crippen LogP contribution in [0.4, 0.5) is 31.8 Å². The van der Waals surface area contributed by atoms with E-state index in [1.165, 1.54) is 31.5 Å². The number of ether oxygens (including phenoxy) is 1. The fourth-order valence-corrected chi connectivity index (χ4v) is 5.29. The van der Waals surface area contributed by atoms with Crippen LogP contribution in [-0.2, 0) is 15.6 Å². The number of nitrogens with two attached hydrogens (primary N) is 1. The Morgan fingerprint density at radius 2 is 1.92 bits per heavy atom. The number of halogens is 2. The molecule has 12 heteroatoms. The summed E-state index contributed by atoms with van der Waals surface area (Å²) in [4.78, 5) is 13.0. The van der Waals surface area contributed by atoms with Gasteiger partial charge in [0.15, 0.2) is 15.7 Å². The molecule has 0 radical (unpaired) electrons. The van der Waals surface area contributed by atoms with Crippen LogP contribution in [0.3, 0.4) is 0 Å². The number of nitrogens with one attached hydrogen (secondary N) is 2. The Labute approximate surface area is 224 Å². The van der Waals surface area contributed by atoms with Crippen LogP contribution in [0.15, 0.2) is 36.7 Å². The molecule has 204 valence electrons. The molecule has 9 nitrogen and oxygen atoms in total. The first-order valence-corrected chi connectivity index (χ1v) is 14.1. The Balaban J connectivity index is 1.50. The summed E-state index contributed by atoms with van der Waals surface area (Å²) in [6, 6.07) is 5.65. The Morgan fingerprint density at radius 1 is 1.15 bits per heavy atom. The van der Waals surface area contributed by atoms with Crippen LogP contribution < -0.4 is 21.1 Å². The maximum Gasteiger partial charge on any atom is 0.238 e. The lowest BCUT2D eigenvalue weighted by molar-refractivity contribution is 0.109. The minimum atomic E-state index is -3.30. The smallest absolute Gasteiger partial charge is 0.238 e. The van der Waals surface area contributed by atoms with E-state index in [-0.39, 0.29) is 34.4 Å². The average molecular weight is 555 g/mol. The summed E-state index contributed by atoms with van der Waals surface area (Å²) < 4.78 is 59.9. The van der Waals surface area contributed by atoms with Crippen LogP contribution in [-0.4, -0.2) is 41.3 Å². The number of pyridine rings is 1. The summed E-state index contributed by atoms with van der Waals surface area (Å²) in [7, 11) is -3.30. The molecule has 0 fully saturated rings. The molecule has 4 aromatic rings. The molecule has 0 saturated carbocycles. The van der Waals surface area contributed by atoms with Gasteiger partial charge in [-0.25, -0.2) is 32.2 Å². The van der Waals surface area contributed by atoms with E-state index in [0.717, 1.165) is 11.6 Å². The van der Waals surface area contributed by atoms with Crippen LogP contribution in [0.25, 0.3) is 22.0 Å². The Kier molecular flexibility index (Phi) is 6.53. The van der Waals surface area contributed by atoms with Gasteiger partial charge in [-0.05, 0) is 50.1 Å². The van der Waals surface area contributed by atoms with Crippen molar-refractivity contribution >= 4 is 43.8 Å². The van der Waals surface area contributed by atoms with Gasteiger partial charge in [0.2, 0.25) is 11.8 Å². The van der Waals surface area contributed by atoms with Gasteiger partial charge in [0, 0.05) is 34.7 Å². The van der Waals surface area contributed by atoms with Gasteiger partial charge in [0.25, 0.3) is 0 Å². The highest BCUT2D eigenvalue weighted by Gasteiger charge is 2.29. The zero-order valence-corrected chi connectivity index (χ0v) is 22.7. The molecule has 0 spiro atoms. The van der Waals surface area contributed by atoms with E-state index < -0.39 is 27.1 Å². The summed E-state index contributed by atoms with van der Waals surface area (Å²) in [5.74, 6) is -1.07. The van der Waals surface area contributed by atoms with Crippen LogP contribution in [0.1, 0.15) is 31.9 Å². The topological polar surface area (TPSA) is 132 Å². The predicted octanol–water partition coefficient (Wildman–Crippen LogP) is 5.12. The van der Waals surface area contributed by atoms with Gasteiger partial charge in [0.1, 0.15) is 17.1 Å². The van der Waals surface area contributed by atoms with Crippen molar-refractivity contribution < 1.29 is 21.9 Å². The minimum Gasteiger partial charge on any atom is -0.468 e. The predicted molar refractivity (Wildman–Crippen MR) is 148 cm³/mol. The fraction of sp³-hybridized carbons (Fsp3) is 0.296. The third-order valence-corrected chi connectivity index (χ3v) is 8.28. The minimum absolute atomic E-state index is 0.0330. The summed E-state index contributed by atoms with van der Waals surface area (Å²) in [6.45, 7) is 7.83. The molecular weight excluding hydrogens is 526 g/mol. The number of aromatic nitrogens is 3. The lowest BCUT2D eigenvalue weighted by atomic mass is 9.97. The standard InChI is InChI=1S/C27H28F2N6O3S/c1-5-39(36,37)12-15-6-7-20(19(28)8-15)34-26-32-11-18-21(35-26)9-16(22(29)23(18)30)17-10-31-25-24(14(17)2)33-13-27(3,4)38-25/h6-11,33H,5,12-13,30H2,1-4H3,(H,32,34,35). The van der Waals surface area contributed by atoms with Crippen molar-refractivity contribution in [3.63, 3.8) is 0 Å². The monoisotopic (exact) mass is 554 g/mol. The second-order valence-corrected chi connectivity index (χ2v) is 12.4. The number of nitrogens with zero attached hydrogens (tertiary/aromatic N) is 3. The zero-order chi connectivity index (χ0) is 28.1. The van der Waals surface area contributed by atoms with E-state index in [9.17, 15) is 12.8 Å². The van der Waals surface area contributed by atoms with E-state index in [1.807, 2.05) is 20.8 Å². The number of rotatable bonds is 6. The molecule has 4 N–H and O–H groups in total. The van der Waals surface area contributed by atoms with Gasteiger partial charge in [0.05, 0.1) is 29.2 Å². The highest BCUT2D eigenvalue weighted by molar-refractivity contribution is 7.90. The SMILES string of the molecule is CCS(=O)(=O)Cc1ccc(Nc2ncc3c(N)c(F)c(-c4cnc5c(c4C)NCC(C)(C)O5)cc3n2)c(F)c1. The lowest BCUT2D eigenvalue weighted by Gasteiger charge is -2.33. The number of hydrogen-bond acceptors (Lipinski definition) is 9. The lowest BCUT2D eigenvalue weighted by Crippen LogP contribution is -2.40. The number of fused-ring (bicyclic) bond motifs is 2. The number of sulfone groups is 1. The van der Waals surface area contributed by atoms with E-state index in [2.05, 4.69) is 25.6 Å². The largest absolute Gasteiger partial charge is 0.468 e. The van der Waals surface area contributed by atoms with Crippen molar-refractivity contribution in [1.29, 1.82) is 0 Å². The molecule has 0 amide bonds. The van der Waals surface area contributed by atoms with E-state index >= 15 is 4.39 Å². The summed E-state index contributed by atoms with van der Waals surface area (Å²) in [6.07, 6.45) is 2.90. The molecule has 1 aliphatic rings. The number of anilines is 4. The van der Waals surface area contributed by atoms with Crippen molar-refractivity contribution in [2.75, 3.05) is 28.7 Å². The molecule has 2 aromatic carbocycles. The molecule has 39 heavy (non-hydrogen) atoms. The summed E-state index contributed by atoms with van der Waals surface area (Å²) >= 11 is 0. The molecular formula is C27H28F2N6O3S. The maximum atomic E-state index is 15.5. The summed E-state index contributed by atoms with van der Waals surface area (Å²) in [5.41, 5.74) is 8.48. The Hall–Kier alpha value is -4.06. The van der Waals surface area contributed by atoms with Gasteiger partial charge < -0.3 is 21.1 Å². The molecule has 1 aliphatic heterocycles. The van der Waals surface area contributed by atoms with Crippen molar-refractivity contribution in [2.24, 2.45) is 0 Å². The van der Waals surface area contributed by atoms with Crippen molar-refractivity contribution in [3.05, 3.63) is 59.4 Å². The third kappa shape index (κ3) is 5.16. The number of nitrogen functional groups attached to an aromatic ring is 1. The summed E-state index contributed by atoms with van der Waals surface area (Å²) in [5, 5.41) is 6.42. The van der Waals surface area contributed by atoms with E-state index in [0.29, 0.717) is 40.1 Å². The molecule has 0 atom stereocenters. The van der Waals surface area contributed by atoms with Gasteiger partial charge in [-0.3, -0.25) is 0 Å². The molecule has 0 saturated heterocycles. The second-order valence-electron chi connectivity index (χ2n) is 10.1. The Morgan fingerprint density at radius 3 is 2.64 bits per heavy atom. The highest BCUT2D eigenvalue weighted by Crippen LogP contribution is 2.41. The first-order valence-electron chi connectivity index (χ1n) is 12.3. The third-order valence-electron chi connectivity index (χ3n) is 6.63. The van der Waals surface area contributed by atoms with Gasteiger partial charge in [-0.1, -0.05) is 13.0 Å². The number of benzene rings is 2. The van der Waals surface area contributed by atoms with Crippen molar-refractivity contribution in [2.45, 2.75) is 39.0 Å². The van der Waals surface area contributed by atoms with E-state index in [1.54, 1.807) is 6.07 Å². The highest BCUT2D eigenvalue weighted by atomic mass is 32.2. The van der Waals surface area contributed by atoms with Crippen LogP contribution in [0.2, 0.25) is 0 Å². The molecule has 2 aromatic heterocycles. The van der Waals surface area contributed by atoms with Gasteiger partial charge >= 0.3 is 0 Å². The molecule has 0 unspecified atom stereocenters. The Bertz CT molecular complexity index is 1730. The van der Waals surface area contributed by atoms with Crippen LogP contribution in [0.5, 0.6) is 5.88 Å². The van der Waals surface area contributed by atoms with Crippen molar-refractivity contribution in [1.82, 2.24) is 15.0 Å². The first kappa shape index (κ1) is 26.5. The quantitative estimate of drug-likeness (QED) is 0.278. The molecule has 0 aliphatic carbocycles. The fourth-order valence-electron chi connectivity index (χ4n) is 4.39.